The fraction of sp³-hybridized carbons (Fsp3) is 0.263. The number of aromatic hydroxyl groups is 2. The predicted molar refractivity (Wildman–Crippen MR) is 177 cm³/mol. The third-order valence-electron chi connectivity index (χ3n) is 8.94. The first-order valence-electron chi connectivity index (χ1n) is 15.6. The highest BCUT2D eigenvalue weighted by Gasteiger charge is 2.45. The lowest BCUT2D eigenvalue weighted by molar-refractivity contribution is 0.0554. The van der Waals surface area contributed by atoms with Crippen LogP contribution >= 0.6 is 0 Å². The predicted octanol–water partition coefficient (Wildman–Crippen LogP) is 6.65. The minimum absolute atomic E-state index is 0.0452. The third-order valence-corrected chi connectivity index (χ3v) is 8.94. The number of hydrogen-bond acceptors (Lipinski definition) is 10. The van der Waals surface area contributed by atoms with Gasteiger partial charge in [0.1, 0.15) is 64.3 Å². The molecule has 3 aliphatic heterocycles. The molecule has 4 aromatic carbocycles. The number of hydrogen-bond donors (Lipinski definition) is 2. The zero-order valence-corrected chi connectivity index (χ0v) is 26.8. The first-order chi connectivity index (χ1) is 23.2. The van der Waals surface area contributed by atoms with Gasteiger partial charge < -0.3 is 38.3 Å². The van der Waals surface area contributed by atoms with Crippen LogP contribution in [-0.4, -0.2) is 49.0 Å². The van der Waals surface area contributed by atoms with Crippen LogP contribution in [0.4, 0.5) is 0 Å². The fourth-order valence-corrected chi connectivity index (χ4v) is 6.46. The zero-order valence-electron chi connectivity index (χ0n) is 26.8. The summed E-state index contributed by atoms with van der Waals surface area (Å²) in [6.45, 7) is 4.58. The Kier molecular flexibility index (Phi) is 7.87. The molecule has 0 aliphatic carbocycles. The number of fused-ring (bicyclic) bond motifs is 7. The van der Waals surface area contributed by atoms with Crippen LogP contribution in [-0.2, 0) is 6.42 Å². The van der Waals surface area contributed by atoms with E-state index < -0.39 is 5.92 Å². The van der Waals surface area contributed by atoms with E-state index in [2.05, 4.69) is 13.8 Å². The molecule has 0 amide bonds. The van der Waals surface area contributed by atoms with E-state index in [9.17, 15) is 19.8 Å². The molecule has 3 atom stereocenters. The molecule has 1 aromatic heterocycles. The molecule has 3 unspecified atom stereocenters. The number of Topliss-reactive ketones (excluding diaryl/α,β-unsaturated/α-hetero) is 1. The lowest BCUT2D eigenvalue weighted by Gasteiger charge is -2.37. The molecule has 246 valence electrons. The molecule has 4 heterocycles. The van der Waals surface area contributed by atoms with Gasteiger partial charge in [0, 0.05) is 47.4 Å². The van der Waals surface area contributed by atoms with Gasteiger partial charge in [-0.15, -0.1) is 0 Å². The lowest BCUT2D eigenvalue weighted by atomic mass is 9.81. The molecule has 0 saturated carbocycles. The van der Waals surface area contributed by atoms with E-state index in [4.69, 9.17) is 28.1 Å². The van der Waals surface area contributed by atoms with Crippen LogP contribution in [0.2, 0.25) is 0 Å². The van der Waals surface area contributed by atoms with Gasteiger partial charge in [0.05, 0.1) is 25.7 Å². The van der Waals surface area contributed by atoms with Crippen molar-refractivity contribution in [3.05, 3.63) is 99.7 Å². The van der Waals surface area contributed by atoms with Gasteiger partial charge in [0.25, 0.3) is 0 Å². The molecule has 3 aliphatic rings. The van der Waals surface area contributed by atoms with Crippen molar-refractivity contribution in [1.29, 1.82) is 0 Å². The van der Waals surface area contributed by atoms with Crippen molar-refractivity contribution in [2.24, 2.45) is 5.92 Å². The Balaban J connectivity index is 0.000000166. The van der Waals surface area contributed by atoms with Crippen molar-refractivity contribution in [2.45, 2.75) is 38.4 Å². The van der Waals surface area contributed by atoms with Gasteiger partial charge in [0.2, 0.25) is 0 Å². The summed E-state index contributed by atoms with van der Waals surface area (Å²) in [5.41, 5.74) is 2.93. The third kappa shape index (κ3) is 5.33. The topological polar surface area (TPSA) is 134 Å². The minimum Gasteiger partial charge on any atom is -0.508 e. The Morgan fingerprint density at radius 1 is 0.854 bits per heavy atom. The molecular weight excluding hydrogens is 616 g/mol. The van der Waals surface area contributed by atoms with Gasteiger partial charge >= 0.3 is 0 Å². The maximum absolute atomic E-state index is 13.5. The Morgan fingerprint density at radius 3 is 2.33 bits per heavy atom. The Morgan fingerprint density at radius 2 is 1.60 bits per heavy atom. The molecule has 8 rings (SSSR count). The summed E-state index contributed by atoms with van der Waals surface area (Å²) in [5.74, 6) is 3.19. The molecule has 10 nitrogen and oxygen atoms in total. The highest BCUT2D eigenvalue weighted by Crippen LogP contribution is 2.50. The first kappa shape index (κ1) is 31.0. The zero-order chi connectivity index (χ0) is 33.7. The second-order valence-electron chi connectivity index (χ2n) is 12.3. The van der Waals surface area contributed by atoms with E-state index in [1.54, 1.807) is 20.3 Å². The van der Waals surface area contributed by atoms with Gasteiger partial charge in [-0.1, -0.05) is 44.2 Å². The van der Waals surface area contributed by atoms with Crippen LogP contribution in [0.3, 0.4) is 0 Å². The van der Waals surface area contributed by atoms with E-state index in [0.717, 1.165) is 34.9 Å². The largest absolute Gasteiger partial charge is 0.508 e. The highest BCUT2D eigenvalue weighted by molar-refractivity contribution is 6.06. The van der Waals surface area contributed by atoms with E-state index >= 15 is 0 Å². The Labute approximate surface area is 276 Å². The lowest BCUT2D eigenvalue weighted by Crippen LogP contribution is -2.43. The summed E-state index contributed by atoms with van der Waals surface area (Å²) in [5, 5.41) is 19.2. The van der Waals surface area contributed by atoms with Crippen molar-refractivity contribution in [3.63, 3.8) is 0 Å². The number of phenolic OH excluding ortho intramolecular Hbond substituents is 2. The van der Waals surface area contributed by atoms with Gasteiger partial charge in [-0.25, -0.2) is 0 Å². The van der Waals surface area contributed by atoms with E-state index in [1.807, 2.05) is 48.5 Å². The van der Waals surface area contributed by atoms with Gasteiger partial charge in [-0.05, 0) is 24.1 Å². The number of carbonyl (C=O) groups is 1. The average Bonchev–Trinajstić information content (AvgIpc) is 3.53. The van der Waals surface area contributed by atoms with Gasteiger partial charge in [-0.3, -0.25) is 9.59 Å². The summed E-state index contributed by atoms with van der Waals surface area (Å²) < 4.78 is 34.7. The van der Waals surface area contributed by atoms with Gasteiger partial charge in [-0.2, -0.15) is 0 Å². The summed E-state index contributed by atoms with van der Waals surface area (Å²) >= 11 is 0. The monoisotopic (exact) mass is 650 g/mol. The molecule has 48 heavy (non-hydrogen) atoms. The second kappa shape index (κ2) is 12.2. The number of ether oxygens (including phenoxy) is 5. The number of benzene rings is 4. The Hall–Kier alpha value is -5.64. The van der Waals surface area contributed by atoms with Crippen LogP contribution in [0, 0.1) is 5.92 Å². The first-order valence-corrected chi connectivity index (χ1v) is 15.6. The van der Waals surface area contributed by atoms with Crippen LogP contribution in [0.15, 0.2) is 82.0 Å². The number of rotatable bonds is 4. The molecule has 5 aromatic rings. The van der Waals surface area contributed by atoms with Crippen LogP contribution in [0.5, 0.6) is 40.2 Å². The standard InChI is InChI=1S/C23H24O6.C15H10O4/c1-11(2)16-8-14-15(28-16)6-5-12-22(24)21-13-7-18(25-3)19(26-4)9-17(13)27-10-20(21)29-23(12)14;16-10-6-11(17)15-12(18)8-13(19-14(15)7-10)9-4-2-1-3-5-9/h5-7,9,11,16,20-21H,8,10H2,1-4H3;1-8,16-17H. The van der Waals surface area contributed by atoms with Gasteiger partial charge in [0.15, 0.2) is 22.7 Å². The molecule has 10 heteroatoms. The summed E-state index contributed by atoms with van der Waals surface area (Å²) in [7, 11) is 3.16. The van der Waals surface area contributed by atoms with Crippen LogP contribution in [0.1, 0.15) is 41.3 Å². The van der Waals surface area contributed by atoms with Crippen molar-refractivity contribution < 1.29 is 43.1 Å². The van der Waals surface area contributed by atoms with Crippen molar-refractivity contribution in [1.82, 2.24) is 0 Å². The SMILES string of the molecule is COc1cc2c(cc1OC)C1C(=O)c3ccc4c(c3OC1CO2)CC(C(C)C)O4.O=c1cc(-c2ccccc2)oc2cc(O)cc(O)c12. The summed E-state index contributed by atoms with van der Waals surface area (Å²) in [6.07, 6.45) is 0.474. The molecule has 0 fully saturated rings. The minimum atomic E-state index is -0.438. The maximum Gasteiger partial charge on any atom is 0.197 e. The van der Waals surface area contributed by atoms with Crippen molar-refractivity contribution in [3.8, 4) is 51.6 Å². The average molecular weight is 651 g/mol. The number of carbonyl (C=O) groups excluding carboxylic acids is 1. The molecule has 0 saturated heterocycles. The number of ketones is 1. The van der Waals surface area contributed by atoms with E-state index in [0.29, 0.717) is 46.8 Å². The molecular formula is C38H34O10. The quantitative estimate of drug-likeness (QED) is 0.218. The summed E-state index contributed by atoms with van der Waals surface area (Å²) in [6, 6.07) is 20.2. The maximum atomic E-state index is 13.5. The van der Waals surface area contributed by atoms with Crippen LogP contribution in [0.25, 0.3) is 22.3 Å². The number of phenols is 2. The fourth-order valence-electron chi connectivity index (χ4n) is 6.46. The molecule has 0 spiro atoms. The smallest absolute Gasteiger partial charge is 0.197 e. The second-order valence-corrected chi connectivity index (χ2v) is 12.3. The Bertz CT molecular complexity index is 2100. The van der Waals surface area contributed by atoms with Crippen molar-refractivity contribution >= 4 is 16.8 Å². The van der Waals surface area contributed by atoms with Crippen LogP contribution < -0.4 is 29.1 Å². The van der Waals surface area contributed by atoms with Crippen molar-refractivity contribution in [2.75, 3.05) is 20.8 Å². The van der Waals surface area contributed by atoms with E-state index in [1.165, 1.54) is 12.1 Å². The number of methoxy groups -OCH3 is 2. The normalized spacial score (nSPS) is 18.6. The molecule has 0 bridgehead atoms. The van der Waals surface area contributed by atoms with E-state index in [-0.39, 0.29) is 45.9 Å². The summed E-state index contributed by atoms with van der Waals surface area (Å²) in [4.78, 5) is 25.5. The molecule has 0 radical (unpaired) electrons. The molecule has 2 N–H and O–H groups in total. The highest BCUT2D eigenvalue weighted by atomic mass is 16.5.